The van der Waals surface area contributed by atoms with Crippen LogP contribution >= 0.6 is 0 Å². The summed E-state index contributed by atoms with van der Waals surface area (Å²) in [4.78, 5) is 12.1. The van der Waals surface area contributed by atoms with Crippen LogP contribution in [0, 0.1) is 0 Å². The summed E-state index contributed by atoms with van der Waals surface area (Å²) in [6.45, 7) is 0. The number of benzene rings is 2. The Balaban J connectivity index is 2.14. The smallest absolute Gasteiger partial charge is 0.278 e. The van der Waals surface area contributed by atoms with Crippen LogP contribution in [0.1, 0.15) is 5.56 Å². The van der Waals surface area contributed by atoms with Crippen molar-refractivity contribution in [3.05, 3.63) is 60.2 Å². The first kappa shape index (κ1) is 13.6. The highest BCUT2D eigenvalue weighted by molar-refractivity contribution is 6.48. The molecule has 0 fully saturated rings. The second-order valence-corrected chi connectivity index (χ2v) is 4.00. The van der Waals surface area contributed by atoms with Gasteiger partial charge in [0.1, 0.15) is 5.75 Å². The summed E-state index contributed by atoms with van der Waals surface area (Å²) in [6.07, 6.45) is 0. The number of nitrogens with one attached hydrogen (secondary N) is 1. The summed E-state index contributed by atoms with van der Waals surface area (Å²) in [5.41, 5.74) is 1.09. The third-order valence-corrected chi connectivity index (χ3v) is 2.71. The van der Waals surface area contributed by atoms with Gasteiger partial charge >= 0.3 is 0 Å². The number of ether oxygens (including phenoxy) is 1. The van der Waals surface area contributed by atoms with Crippen molar-refractivity contribution in [1.29, 1.82) is 0 Å². The second-order valence-electron chi connectivity index (χ2n) is 4.00. The standard InChI is InChI=1S/C15H14N2O3/c1-20-13-9-7-12(8-10-13)16-15(18)14(17-19)11-5-3-2-4-6-11/h2-10,19H,1H3,(H,16,18). The lowest BCUT2D eigenvalue weighted by atomic mass is 10.1. The molecule has 0 aliphatic rings. The normalized spacial score (nSPS) is 10.9. The molecule has 20 heavy (non-hydrogen) atoms. The number of carbonyl (C=O) groups is 1. The predicted molar refractivity (Wildman–Crippen MR) is 76.4 cm³/mol. The number of anilines is 1. The zero-order valence-corrected chi connectivity index (χ0v) is 10.9. The van der Waals surface area contributed by atoms with E-state index in [1.54, 1.807) is 55.6 Å². The second kappa shape index (κ2) is 6.38. The first-order valence-corrected chi connectivity index (χ1v) is 5.97. The third kappa shape index (κ3) is 3.14. The lowest BCUT2D eigenvalue weighted by molar-refractivity contribution is -0.110. The number of amides is 1. The molecule has 5 heteroatoms. The molecule has 0 saturated carbocycles. The summed E-state index contributed by atoms with van der Waals surface area (Å²) in [6, 6.07) is 15.6. The fourth-order valence-corrected chi connectivity index (χ4v) is 1.69. The van der Waals surface area contributed by atoms with Gasteiger partial charge in [-0.2, -0.15) is 0 Å². The van der Waals surface area contributed by atoms with Crippen LogP contribution in [0.5, 0.6) is 5.75 Å². The zero-order valence-electron chi connectivity index (χ0n) is 10.9. The minimum atomic E-state index is -0.483. The molecule has 0 aliphatic heterocycles. The zero-order chi connectivity index (χ0) is 14.4. The molecular formula is C15H14N2O3. The van der Waals surface area contributed by atoms with Gasteiger partial charge in [0.15, 0.2) is 5.71 Å². The highest BCUT2D eigenvalue weighted by Crippen LogP contribution is 2.15. The van der Waals surface area contributed by atoms with E-state index in [0.29, 0.717) is 17.0 Å². The molecule has 0 unspecified atom stereocenters. The minimum Gasteiger partial charge on any atom is -0.497 e. The van der Waals surface area contributed by atoms with Gasteiger partial charge in [-0.1, -0.05) is 35.5 Å². The summed E-state index contributed by atoms with van der Waals surface area (Å²) < 4.78 is 5.04. The Labute approximate surface area is 116 Å². The van der Waals surface area contributed by atoms with E-state index in [-0.39, 0.29) is 5.71 Å². The fourth-order valence-electron chi connectivity index (χ4n) is 1.69. The Morgan fingerprint density at radius 2 is 1.75 bits per heavy atom. The predicted octanol–water partition coefficient (Wildman–Crippen LogP) is 2.51. The lowest BCUT2D eigenvalue weighted by Crippen LogP contribution is -2.23. The average molecular weight is 270 g/mol. The van der Waals surface area contributed by atoms with Gasteiger partial charge in [0.2, 0.25) is 0 Å². The maximum Gasteiger partial charge on any atom is 0.278 e. The molecule has 0 radical (unpaired) electrons. The van der Waals surface area contributed by atoms with E-state index in [0.717, 1.165) is 0 Å². The average Bonchev–Trinajstić information content (AvgIpc) is 2.50. The summed E-state index contributed by atoms with van der Waals surface area (Å²) in [5.74, 6) is 0.214. The lowest BCUT2D eigenvalue weighted by Gasteiger charge is -2.07. The molecule has 0 atom stereocenters. The summed E-state index contributed by atoms with van der Waals surface area (Å²) >= 11 is 0. The topological polar surface area (TPSA) is 70.9 Å². The van der Waals surface area contributed by atoms with Crippen LogP contribution < -0.4 is 10.1 Å². The molecule has 2 aromatic carbocycles. The Morgan fingerprint density at radius 1 is 1.10 bits per heavy atom. The van der Waals surface area contributed by atoms with Crippen molar-refractivity contribution >= 4 is 17.3 Å². The monoisotopic (exact) mass is 270 g/mol. The van der Waals surface area contributed by atoms with E-state index < -0.39 is 5.91 Å². The number of methoxy groups -OCH3 is 1. The van der Waals surface area contributed by atoms with Crippen LogP contribution in [0.15, 0.2) is 59.8 Å². The Bertz CT molecular complexity index is 607. The number of hydrogen-bond donors (Lipinski definition) is 2. The molecule has 5 nitrogen and oxygen atoms in total. The van der Waals surface area contributed by atoms with Crippen molar-refractivity contribution in [1.82, 2.24) is 0 Å². The van der Waals surface area contributed by atoms with Crippen molar-refractivity contribution in [2.75, 3.05) is 12.4 Å². The number of rotatable bonds is 4. The van der Waals surface area contributed by atoms with Crippen molar-refractivity contribution in [3.63, 3.8) is 0 Å². The molecule has 0 saturated heterocycles. The molecule has 2 N–H and O–H groups in total. The van der Waals surface area contributed by atoms with Gasteiger partial charge in [-0.05, 0) is 24.3 Å². The molecule has 0 spiro atoms. The molecule has 1 amide bonds. The van der Waals surface area contributed by atoms with Crippen LogP contribution in [0.2, 0.25) is 0 Å². The van der Waals surface area contributed by atoms with E-state index in [9.17, 15) is 4.79 Å². The van der Waals surface area contributed by atoms with Gasteiger partial charge in [-0.3, -0.25) is 4.79 Å². The number of hydrogen-bond acceptors (Lipinski definition) is 4. The van der Waals surface area contributed by atoms with Crippen LogP contribution in [0.4, 0.5) is 5.69 Å². The molecule has 0 bridgehead atoms. The summed E-state index contributed by atoms with van der Waals surface area (Å²) in [5, 5.41) is 14.7. The first-order valence-electron chi connectivity index (χ1n) is 5.97. The van der Waals surface area contributed by atoms with Crippen molar-refractivity contribution in [2.24, 2.45) is 5.16 Å². The number of nitrogens with zero attached hydrogens (tertiary/aromatic N) is 1. The Morgan fingerprint density at radius 3 is 2.30 bits per heavy atom. The highest BCUT2D eigenvalue weighted by Gasteiger charge is 2.14. The quantitative estimate of drug-likeness (QED) is 0.509. The van der Waals surface area contributed by atoms with Gasteiger partial charge in [0.05, 0.1) is 7.11 Å². The molecule has 2 aromatic rings. The molecule has 0 heterocycles. The number of carbonyl (C=O) groups excluding carboxylic acids is 1. The van der Waals surface area contributed by atoms with Gasteiger partial charge < -0.3 is 15.3 Å². The Hall–Kier alpha value is -2.82. The minimum absolute atomic E-state index is 0.0404. The molecule has 0 aliphatic carbocycles. The van der Waals surface area contributed by atoms with E-state index in [4.69, 9.17) is 9.94 Å². The van der Waals surface area contributed by atoms with E-state index in [1.807, 2.05) is 6.07 Å². The van der Waals surface area contributed by atoms with E-state index >= 15 is 0 Å². The van der Waals surface area contributed by atoms with Crippen molar-refractivity contribution < 1.29 is 14.7 Å². The maximum absolute atomic E-state index is 12.1. The number of oxime groups is 1. The highest BCUT2D eigenvalue weighted by atomic mass is 16.5. The summed E-state index contributed by atoms with van der Waals surface area (Å²) in [7, 11) is 1.57. The van der Waals surface area contributed by atoms with Crippen LogP contribution in [-0.2, 0) is 4.79 Å². The van der Waals surface area contributed by atoms with Gasteiger partial charge in [-0.15, -0.1) is 0 Å². The van der Waals surface area contributed by atoms with Crippen LogP contribution in [0.25, 0.3) is 0 Å². The first-order chi connectivity index (χ1) is 9.74. The molecule has 2 rings (SSSR count). The molecule has 102 valence electrons. The SMILES string of the molecule is COc1ccc(NC(=O)C(=NO)c2ccccc2)cc1. The van der Waals surface area contributed by atoms with Crippen LogP contribution in [0.3, 0.4) is 0 Å². The largest absolute Gasteiger partial charge is 0.497 e. The van der Waals surface area contributed by atoms with Gasteiger partial charge in [0.25, 0.3) is 5.91 Å². The maximum atomic E-state index is 12.1. The van der Waals surface area contributed by atoms with E-state index in [2.05, 4.69) is 10.5 Å². The molecule has 0 aromatic heterocycles. The van der Waals surface area contributed by atoms with Crippen LogP contribution in [-0.4, -0.2) is 23.9 Å². The fraction of sp³-hybridized carbons (Fsp3) is 0.0667. The Kier molecular flexibility index (Phi) is 4.34. The van der Waals surface area contributed by atoms with Gasteiger partial charge in [0, 0.05) is 11.3 Å². The molecular weight excluding hydrogens is 256 g/mol. The van der Waals surface area contributed by atoms with E-state index in [1.165, 1.54) is 0 Å². The third-order valence-electron chi connectivity index (χ3n) is 2.71. The van der Waals surface area contributed by atoms with Crippen molar-refractivity contribution in [2.45, 2.75) is 0 Å². The van der Waals surface area contributed by atoms with Gasteiger partial charge in [-0.25, -0.2) is 0 Å². The van der Waals surface area contributed by atoms with Crippen molar-refractivity contribution in [3.8, 4) is 5.75 Å².